The maximum absolute atomic E-state index is 12.7. The summed E-state index contributed by atoms with van der Waals surface area (Å²) in [6.07, 6.45) is 0.680. The Morgan fingerprint density at radius 3 is 2.92 bits per heavy atom. The topological polar surface area (TPSA) is 26.0 Å². The highest BCUT2D eigenvalue weighted by atomic mass is 32.1. The summed E-state index contributed by atoms with van der Waals surface area (Å²) in [5.74, 6) is 6.02. The summed E-state index contributed by atoms with van der Waals surface area (Å²) in [7, 11) is 0. The maximum Gasteiger partial charge on any atom is 0.124 e. The van der Waals surface area contributed by atoms with Crippen molar-refractivity contribution in [1.82, 2.24) is 0 Å². The highest BCUT2D eigenvalue weighted by Gasteiger charge is 1.96. The van der Waals surface area contributed by atoms with Gasteiger partial charge in [0.1, 0.15) is 5.82 Å². The predicted octanol–water partition coefficient (Wildman–Crippen LogP) is 2.08. The average molecular weight is 195 g/mol. The number of nitrogen functional groups attached to an aromatic ring is 1. The molecule has 0 atom stereocenters. The monoisotopic (exact) mass is 195 g/mol. The minimum Gasteiger partial charge on any atom is -0.398 e. The molecule has 0 amide bonds. The van der Waals surface area contributed by atoms with E-state index in [1.807, 2.05) is 0 Å². The van der Waals surface area contributed by atoms with Gasteiger partial charge in [-0.05, 0) is 18.2 Å². The second-order valence-corrected chi connectivity index (χ2v) is 2.95. The Morgan fingerprint density at radius 1 is 1.46 bits per heavy atom. The number of hydrogen-bond donors (Lipinski definition) is 2. The van der Waals surface area contributed by atoms with E-state index in [2.05, 4.69) is 24.5 Å². The molecule has 0 spiro atoms. The Balaban J connectivity index is 2.89. The molecule has 0 bridgehead atoms. The van der Waals surface area contributed by atoms with Gasteiger partial charge in [0.15, 0.2) is 0 Å². The van der Waals surface area contributed by atoms with Gasteiger partial charge in [-0.3, -0.25) is 0 Å². The molecule has 1 aromatic carbocycles. The Bertz CT molecular complexity index is 352. The molecule has 3 heteroatoms. The van der Waals surface area contributed by atoms with Crippen LogP contribution in [-0.4, -0.2) is 5.75 Å². The average Bonchev–Trinajstić information content (AvgIpc) is 2.11. The molecule has 0 unspecified atom stereocenters. The molecule has 2 N–H and O–H groups in total. The number of rotatable bonds is 1. The lowest BCUT2D eigenvalue weighted by Crippen LogP contribution is -1.90. The number of halogens is 1. The number of hydrogen-bond acceptors (Lipinski definition) is 2. The van der Waals surface area contributed by atoms with E-state index in [9.17, 15) is 4.39 Å². The van der Waals surface area contributed by atoms with E-state index < -0.39 is 0 Å². The van der Waals surface area contributed by atoms with E-state index in [-0.39, 0.29) is 5.82 Å². The van der Waals surface area contributed by atoms with Crippen LogP contribution in [-0.2, 0) is 0 Å². The van der Waals surface area contributed by atoms with Crippen molar-refractivity contribution >= 4 is 18.3 Å². The van der Waals surface area contributed by atoms with Crippen LogP contribution in [0, 0.1) is 17.7 Å². The van der Waals surface area contributed by atoms with Gasteiger partial charge in [-0.15, -0.1) is 0 Å². The van der Waals surface area contributed by atoms with Gasteiger partial charge >= 0.3 is 0 Å². The Hall–Kier alpha value is -1.14. The van der Waals surface area contributed by atoms with Gasteiger partial charge in [0.2, 0.25) is 0 Å². The minimum absolute atomic E-state index is 0.315. The van der Waals surface area contributed by atoms with Crippen LogP contribution >= 0.6 is 12.6 Å². The van der Waals surface area contributed by atoms with E-state index in [0.717, 1.165) is 0 Å². The quantitative estimate of drug-likeness (QED) is 0.400. The summed E-state index contributed by atoms with van der Waals surface area (Å²) < 4.78 is 12.7. The molecule has 0 radical (unpaired) electrons. The standard InChI is InChI=1S/C10H10FNS/c11-9-4-5-10(12)8(7-9)3-1-2-6-13/h4-5,7,13H,2,6,12H2. The molecule has 68 valence electrons. The molecule has 1 rings (SSSR count). The van der Waals surface area contributed by atoms with Gasteiger partial charge in [-0.25, -0.2) is 4.39 Å². The summed E-state index contributed by atoms with van der Waals surface area (Å²) >= 11 is 4.01. The molecule has 0 aliphatic carbocycles. The van der Waals surface area contributed by atoms with Crippen LogP contribution in [0.2, 0.25) is 0 Å². The van der Waals surface area contributed by atoms with E-state index in [0.29, 0.717) is 23.4 Å². The van der Waals surface area contributed by atoms with Gasteiger partial charge in [-0.2, -0.15) is 12.6 Å². The van der Waals surface area contributed by atoms with Crippen molar-refractivity contribution in [2.45, 2.75) is 6.42 Å². The Labute approximate surface area is 82.6 Å². The third-order valence-electron chi connectivity index (χ3n) is 1.48. The SMILES string of the molecule is Nc1ccc(F)cc1C#CCCS. The molecule has 1 nitrogen and oxygen atoms in total. The summed E-state index contributed by atoms with van der Waals surface area (Å²) in [4.78, 5) is 0. The van der Waals surface area contributed by atoms with Crippen molar-refractivity contribution < 1.29 is 4.39 Å². The summed E-state index contributed by atoms with van der Waals surface area (Å²) in [6.45, 7) is 0. The van der Waals surface area contributed by atoms with Crippen molar-refractivity contribution in [2.75, 3.05) is 11.5 Å². The van der Waals surface area contributed by atoms with Crippen molar-refractivity contribution in [2.24, 2.45) is 0 Å². The lowest BCUT2D eigenvalue weighted by atomic mass is 10.2. The first-order chi connectivity index (χ1) is 6.24. The second kappa shape index (κ2) is 4.78. The molecule has 0 aliphatic heterocycles. The van der Waals surface area contributed by atoms with E-state index >= 15 is 0 Å². The van der Waals surface area contributed by atoms with E-state index in [1.165, 1.54) is 18.2 Å². The smallest absolute Gasteiger partial charge is 0.124 e. The van der Waals surface area contributed by atoms with Crippen LogP contribution in [0.15, 0.2) is 18.2 Å². The zero-order valence-corrected chi connectivity index (χ0v) is 7.94. The maximum atomic E-state index is 12.7. The van der Waals surface area contributed by atoms with Crippen LogP contribution in [0.1, 0.15) is 12.0 Å². The lowest BCUT2D eigenvalue weighted by molar-refractivity contribution is 0.627. The van der Waals surface area contributed by atoms with Crippen molar-refractivity contribution in [3.8, 4) is 11.8 Å². The van der Waals surface area contributed by atoms with Gasteiger partial charge < -0.3 is 5.73 Å². The molecule has 0 fully saturated rings. The normalized spacial score (nSPS) is 9.08. The molecule has 0 heterocycles. The molecule has 1 aromatic rings. The molecular weight excluding hydrogens is 185 g/mol. The molecular formula is C10H10FNS. The molecule has 13 heavy (non-hydrogen) atoms. The van der Waals surface area contributed by atoms with Crippen molar-refractivity contribution in [3.05, 3.63) is 29.6 Å². The zero-order chi connectivity index (χ0) is 9.68. The fraction of sp³-hybridized carbons (Fsp3) is 0.200. The Kier molecular flexibility index (Phi) is 3.66. The van der Waals surface area contributed by atoms with Crippen LogP contribution in [0.3, 0.4) is 0 Å². The van der Waals surface area contributed by atoms with Crippen molar-refractivity contribution in [3.63, 3.8) is 0 Å². The summed E-state index contributed by atoms with van der Waals surface area (Å²) in [5.41, 5.74) is 6.63. The van der Waals surface area contributed by atoms with E-state index in [4.69, 9.17) is 5.73 Å². The Morgan fingerprint density at radius 2 is 2.23 bits per heavy atom. The van der Waals surface area contributed by atoms with Crippen LogP contribution in [0.5, 0.6) is 0 Å². The first kappa shape index (κ1) is 9.94. The molecule has 0 saturated carbocycles. The summed E-state index contributed by atoms with van der Waals surface area (Å²) in [6, 6.07) is 4.17. The molecule has 0 aromatic heterocycles. The third-order valence-corrected chi connectivity index (χ3v) is 1.70. The van der Waals surface area contributed by atoms with Gasteiger partial charge in [-0.1, -0.05) is 11.8 Å². The first-order valence-corrected chi connectivity index (χ1v) is 4.52. The highest BCUT2D eigenvalue weighted by Crippen LogP contribution is 2.11. The van der Waals surface area contributed by atoms with Crippen LogP contribution in [0.4, 0.5) is 10.1 Å². The number of thiol groups is 1. The summed E-state index contributed by atoms with van der Waals surface area (Å²) in [5, 5.41) is 0. The fourth-order valence-electron chi connectivity index (χ4n) is 0.850. The highest BCUT2D eigenvalue weighted by molar-refractivity contribution is 7.80. The van der Waals surface area contributed by atoms with E-state index in [1.54, 1.807) is 0 Å². The minimum atomic E-state index is -0.315. The molecule has 0 saturated heterocycles. The van der Waals surface area contributed by atoms with Crippen LogP contribution in [0.25, 0.3) is 0 Å². The van der Waals surface area contributed by atoms with Crippen molar-refractivity contribution in [1.29, 1.82) is 0 Å². The number of anilines is 1. The number of nitrogens with two attached hydrogens (primary N) is 1. The van der Waals surface area contributed by atoms with Gasteiger partial charge in [0, 0.05) is 17.9 Å². The first-order valence-electron chi connectivity index (χ1n) is 3.89. The second-order valence-electron chi connectivity index (χ2n) is 2.51. The fourth-order valence-corrected chi connectivity index (χ4v) is 0.962. The lowest BCUT2D eigenvalue weighted by Gasteiger charge is -1.96. The van der Waals surface area contributed by atoms with Gasteiger partial charge in [0.05, 0.1) is 5.56 Å². The van der Waals surface area contributed by atoms with Gasteiger partial charge in [0.25, 0.3) is 0 Å². The largest absolute Gasteiger partial charge is 0.398 e. The number of benzene rings is 1. The molecule has 0 aliphatic rings. The zero-order valence-electron chi connectivity index (χ0n) is 7.05. The third kappa shape index (κ3) is 3.00. The van der Waals surface area contributed by atoms with Crippen LogP contribution < -0.4 is 5.73 Å². The predicted molar refractivity (Wildman–Crippen MR) is 56.2 cm³/mol.